The van der Waals surface area contributed by atoms with Crippen molar-refractivity contribution in [2.45, 2.75) is 0 Å². The van der Waals surface area contributed by atoms with Gasteiger partial charge in [-0.05, 0) is 58.7 Å². The highest BCUT2D eigenvalue weighted by molar-refractivity contribution is 6.34. The predicted molar refractivity (Wildman–Crippen MR) is 143 cm³/mol. The van der Waals surface area contributed by atoms with Gasteiger partial charge in [0, 0.05) is 11.4 Å². The first-order valence-electron chi connectivity index (χ1n) is 11.4. The van der Waals surface area contributed by atoms with Gasteiger partial charge in [0.25, 0.3) is 0 Å². The lowest BCUT2D eigenvalue weighted by Gasteiger charge is -2.28. The predicted octanol–water partition coefficient (Wildman–Crippen LogP) is 6.84. The molecule has 0 atom stereocenters. The van der Waals surface area contributed by atoms with Crippen LogP contribution in [0, 0.1) is 0 Å². The third-order valence-corrected chi connectivity index (χ3v) is 5.80. The molecule has 35 heavy (non-hydrogen) atoms. The molecule has 5 aromatic rings. The van der Waals surface area contributed by atoms with E-state index in [9.17, 15) is 10.0 Å². The summed E-state index contributed by atoms with van der Waals surface area (Å²) in [6.07, 6.45) is 0. The van der Waals surface area contributed by atoms with E-state index < -0.39 is 7.32 Å². The average Bonchev–Trinajstić information content (AvgIpc) is 2.91. The van der Waals surface area contributed by atoms with Gasteiger partial charge in [0.15, 0.2) is 0 Å². The summed E-state index contributed by atoms with van der Waals surface area (Å²) >= 11 is 0. The number of benzene rings is 5. The van der Waals surface area contributed by atoms with Crippen molar-refractivity contribution in [3.63, 3.8) is 0 Å². The van der Waals surface area contributed by atoms with Crippen molar-refractivity contribution < 1.29 is 14.7 Å². The standard InChI is InChI=1S/C30H24BNO3/c33-31(34)35-30-14-8-7-13-29(30)32(27-19-15-25(16-20-27)23-9-3-1-4-10-23)28-21-17-26(18-22-28)24-11-5-2-6-12-24/h1-22,33-34H. The van der Waals surface area contributed by atoms with Gasteiger partial charge in [-0.3, -0.25) is 0 Å². The van der Waals surface area contributed by atoms with E-state index in [1.54, 1.807) is 12.1 Å². The molecule has 0 unspecified atom stereocenters. The Balaban J connectivity index is 1.58. The zero-order chi connectivity index (χ0) is 24.0. The van der Waals surface area contributed by atoms with Crippen molar-refractivity contribution in [2.24, 2.45) is 0 Å². The van der Waals surface area contributed by atoms with Crippen LogP contribution in [0.1, 0.15) is 0 Å². The van der Waals surface area contributed by atoms with Gasteiger partial charge in [0.2, 0.25) is 0 Å². The molecule has 0 heterocycles. The monoisotopic (exact) mass is 457 g/mol. The van der Waals surface area contributed by atoms with Crippen molar-refractivity contribution >= 4 is 24.4 Å². The number of hydrogen-bond donors (Lipinski definition) is 2. The molecule has 0 amide bonds. The van der Waals surface area contributed by atoms with Crippen LogP contribution in [-0.4, -0.2) is 17.4 Å². The number of rotatable bonds is 7. The Morgan fingerprint density at radius 1 is 0.457 bits per heavy atom. The summed E-state index contributed by atoms with van der Waals surface area (Å²) in [7, 11) is -1.92. The van der Waals surface area contributed by atoms with E-state index in [-0.39, 0.29) is 0 Å². The fraction of sp³-hybridized carbons (Fsp3) is 0. The molecule has 5 heteroatoms. The lowest BCUT2D eigenvalue weighted by atomic mass is 10.0. The van der Waals surface area contributed by atoms with Crippen LogP contribution in [0.25, 0.3) is 22.3 Å². The molecule has 5 aromatic carbocycles. The van der Waals surface area contributed by atoms with Gasteiger partial charge in [-0.15, -0.1) is 0 Å². The highest BCUT2D eigenvalue weighted by Crippen LogP contribution is 2.41. The molecule has 0 aliphatic rings. The molecule has 0 aromatic heterocycles. The van der Waals surface area contributed by atoms with Crippen molar-refractivity contribution in [3.8, 4) is 28.0 Å². The summed E-state index contributed by atoms with van der Waals surface area (Å²) in [6, 6.07) is 44.3. The molecule has 170 valence electrons. The Morgan fingerprint density at radius 2 is 0.857 bits per heavy atom. The minimum absolute atomic E-state index is 0.363. The van der Waals surface area contributed by atoms with Crippen LogP contribution in [0.15, 0.2) is 133 Å². The molecular formula is C30H24BNO3. The van der Waals surface area contributed by atoms with Crippen LogP contribution in [0.3, 0.4) is 0 Å². The molecule has 0 radical (unpaired) electrons. The molecule has 4 nitrogen and oxygen atoms in total. The largest absolute Gasteiger partial charge is 0.707 e. The normalized spacial score (nSPS) is 10.6. The maximum Gasteiger partial charge on any atom is 0.707 e. The second-order valence-corrected chi connectivity index (χ2v) is 8.07. The SMILES string of the molecule is OB(O)Oc1ccccc1N(c1ccc(-c2ccccc2)cc1)c1ccc(-c2ccccc2)cc1. The zero-order valence-electron chi connectivity index (χ0n) is 19.0. The molecule has 0 saturated carbocycles. The Kier molecular flexibility index (Phi) is 6.62. The third kappa shape index (κ3) is 5.12. The van der Waals surface area contributed by atoms with Crippen molar-refractivity contribution in [1.82, 2.24) is 0 Å². The summed E-state index contributed by atoms with van der Waals surface area (Å²) in [4.78, 5) is 2.04. The Bertz CT molecular complexity index is 1290. The number of nitrogens with zero attached hydrogens (tertiary/aromatic N) is 1. The van der Waals surface area contributed by atoms with Gasteiger partial charge >= 0.3 is 7.32 Å². The fourth-order valence-electron chi connectivity index (χ4n) is 4.15. The molecule has 2 N–H and O–H groups in total. The first kappa shape index (κ1) is 22.5. The van der Waals surface area contributed by atoms with Crippen LogP contribution in [-0.2, 0) is 0 Å². The van der Waals surface area contributed by atoms with Gasteiger partial charge in [0.1, 0.15) is 5.75 Å². The molecular weight excluding hydrogens is 433 g/mol. The Morgan fingerprint density at radius 3 is 1.31 bits per heavy atom. The molecule has 0 bridgehead atoms. The maximum absolute atomic E-state index is 9.49. The smallest absolute Gasteiger partial charge is 0.510 e. The highest BCUT2D eigenvalue weighted by atomic mass is 16.6. The number of hydrogen-bond acceptors (Lipinski definition) is 4. The first-order chi connectivity index (χ1) is 17.2. The lowest BCUT2D eigenvalue weighted by Crippen LogP contribution is -2.22. The second kappa shape index (κ2) is 10.3. The van der Waals surface area contributed by atoms with E-state index in [0.29, 0.717) is 11.4 Å². The zero-order valence-corrected chi connectivity index (χ0v) is 19.0. The molecule has 0 saturated heterocycles. The summed E-state index contributed by atoms with van der Waals surface area (Å²) < 4.78 is 5.32. The van der Waals surface area contributed by atoms with Gasteiger partial charge in [-0.1, -0.05) is 97.1 Å². The third-order valence-electron chi connectivity index (χ3n) is 5.80. The number of para-hydroxylation sites is 2. The Hall–Kier alpha value is -4.32. The van der Waals surface area contributed by atoms with Gasteiger partial charge in [-0.25, -0.2) is 0 Å². The van der Waals surface area contributed by atoms with Gasteiger partial charge < -0.3 is 19.6 Å². The van der Waals surface area contributed by atoms with Gasteiger partial charge in [-0.2, -0.15) is 0 Å². The van der Waals surface area contributed by atoms with Crippen molar-refractivity contribution in [2.75, 3.05) is 4.90 Å². The maximum atomic E-state index is 9.49. The van der Waals surface area contributed by atoms with E-state index in [4.69, 9.17) is 4.65 Å². The van der Waals surface area contributed by atoms with Crippen LogP contribution in [0.2, 0.25) is 0 Å². The van der Waals surface area contributed by atoms with E-state index in [1.807, 2.05) is 53.4 Å². The Labute approximate surface area is 205 Å². The minimum Gasteiger partial charge on any atom is -0.510 e. The van der Waals surface area contributed by atoms with Crippen LogP contribution >= 0.6 is 0 Å². The molecule has 0 aliphatic heterocycles. The van der Waals surface area contributed by atoms with Crippen LogP contribution in [0.5, 0.6) is 5.75 Å². The van der Waals surface area contributed by atoms with Crippen LogP contribution in [0.4, 0.5) is 17.1 Å². The fourth-order valence-corrected chi connectivity index (χ4v) is 4.15. The summed E-state index contributed by atoms with van der Waals surface area (Å²) in [6.45, 7) is 0. The van der Waals surface area contributed by atoms with E-state index in [0.717, 1.165) is 33.6 Å². The molecule has 5 rings (SSSR count). The quantitative estimate of drug-likeness (QED) is 0.263. The van der Waals surface area contributed by atoms with Crippen molar-refractivity contribution in [3.05, 3.63) is 133 Å². The topological polar surface area (TPSA) is 52.9 Å². The van der Waals surface area contributed by atoms with E-state index in [1.165, 1.54) is 0 Å². The lowest BCUT2D eigenvalue weighted by molar-refractivity contribution is 0.288. The summed E-state index contributed by atoms with van der Waals surface area (Å²) in [5, 5.41) is 19.0. The second-order valence-electron chi connectivity index (χ2n) is 8.07. The molecule has 0 aliphatic carbocycles. The molecule has 0 spiro atoms. The average molecular weight is 457 g/mol. The van der Waals surface area contributed by atoms with E-state index in [2.05, 4.69) is 72.8 Å². The molecule has 0 fully saturated rings. The highest BCUT2D eigenvalue weighted by Gasteiger charge is 2.20. The van der Waals surface area contributed by atoms with Crippen LogP contribution < -0.4 is 9.55 Å². The van der Waals surface area contributed by atoms with Crippen molar-refractivity contribution in [1.29, 1.82) is 0 Å². The summed E-state index contributed by atoms with van der Waals surface area (Å²) in [5.41, 5.74) is 7.05. The van der Waals surface area contributed by atoms with E-state index >= 15 is 0 Å². The minimum atomic E-state index is -1.92. The summed E-state index contributed by atoms with van der Waals surface area (Å²) in [5.74, 6) is 0.363. The number of anilines is 3. The van der Waals surface area contributed by atoms with Gasteiger partial charge in [0.05, 0.1) is 5.69 Å². The first-order valence-corrected chi connectivity index (χ1v) is 11.4.